The minimum Gasteiger partial charge on any atom is -0.333 e. The van der Waals surface area contributed by atoms with Gasteiger partial charge in [0.2, 0.25) is 5.91 Å². The van der Waals surface area contributed by atoms with Crippen LogP contribution < -0.4 is 10.6 Å². The maximum atomic E-state index is 12.7. The zero-order chi connectivity index (χ0) is 21.1. The van der Waals surface area contributed by atoms with Crippen LogP contribution in [0.2, 0.25) is 0 Å². The van der Waals surface area contributed by atoms with E-state index in [1.54, 1.807) is 6.92 Å². The van der Waals surface area contributed by atoms with Gasteiger partial charge in [-0.3, -0.25) is 4.79 Å². The lowest BCUT2D eigenvalue weighted by atomic mass is 9.78. The SMILES string of the molecule is CC(=O)N(C(C)(C)CC(C)(C)NC(C)C)C(C)(C)CC(C)(C)NC(C)C. The number of carbonyl (C=O) groups excluding carboxylic acids is 1. The van der Waals surface area contributed by atoms with Gasteiger partial charge in [0.15, 0.2) is 0 Å². The summed E-state index contributed by atoms with van der Waals surface area (Å²) in [4.78, 5) is 14.8. The van der Waals surface area contributed by atoms with Gasteiger partial charge in [-0.05, 0) is 68.2 Å². The molecular weight excluding hydrogens is 322 g/mol. The molecule has 0 unspecified atom stereocenters. The third-order valence-electron chi connectivity index (χ3n) is 4.63. The number of nitrogens with zero attached hydrogens (tertiary/aromatic N) is 1. The standard InChI is InChI=1S/C22H47N3O/c1-16(2)23-19(6,7)14-21(10,11)25(18(5)26)22(12,13)15-20(8,9)24-17(3)4/h16-17,23-24H,14-15H2,1-13H3. The summed E-state index contributed by atoms with van der Waals surface area (Å²) < 4.78 is 0. The largest absolute Gasteiger partial charge is 0.333 e. The van der Waals surface area contributed by atoms with E-state index >= 15 is 0 Å². The molecule has 4 nitrogen and oxygen atoms in total. The highest BCUT2D eigenvalue weighted by molar-refractivity contribution is 5.75. The Morgan fingerprint density at radius 2 is 1.00 bits per heavy atom. The monoisotopic (exact) mass is 369 g/mol. The summed E-state index contributed by atoms with van der Waals surface area (Å²) >= 11 is 0. The van der Waals surface area contributed by atoms with Crippen molar-refractivity contribution >= 4 is 5.91 Å². The van der Waals surface area contributed by atoms with Gasteiger partial charge in [0, 0.05) is 41.2 Å². The van der Waals surface area contributed by atoms with Crippen molar-refractivity contribution in [3.05, 3.63) is 0 Å². The lowest BCUT2D eigenvalue weighted by Gasteiger charge is -2.53. The van der Waals surface area contributed by atoms with Crippen molar-refractivity contribution in [3.63, 3.8) is 0 Å². The summed E-state index contributed by atoms with van der Waals surface area (Å²) in [5, 5.41) is 7.29. The highest BCUT2D eigenvalue weighted by Crippen LogP contribution is 2.36. The Labute approximate surface area is 163 Å². The molecule has 0 aromatic carbocycles. The van der Waals surface area contributed by atoms with Gasteiger partial charge in [-0.25, -0.2) is 0 Å². The molecule has 26 heavy (non-hydrogen) atoms. The maximum Gasteiger partial charge on any atom is 0.220 e. The first-order valence-electron chi connectivity index (χ1n) is 10.2. The van der Waals surface area contributed by atoms with Crippen molar-refractivity contribution in [2.24, 2.45) is 0 Å². The van der Waals surface area contributed by atoms with E-state index in [2.05, 4.69) is 98.6 Å². The van der Waals surface area contributed by atoms with E-state index in [0.717, 1.165) is 12.8 Å². The third kappa shape index (κ3) is 8.39. The summed E-state index contributed by atoms with van der Waals surface area (Å²) in [7, 11) is 0. The average Bonchev–Trinajstić information content (AvgIpc) is 2.16. The van der Waals surface area contributed by atoms with Gasteiger partial charge in [-0.1, -0.05) is 27.7 Å². The fraction of sp³-hybridized carbons (Fsp3) is 0.955. The number of carbonyl (C=O) groups is 1. The van der Waals surface area contributed by atoms with Crippen LogP contribution in [0.3, 0.4) is 0 Å². The minimum absolute atomic E-state index is 0.0485. The zero-order valence-corrected chi connectivity index (χ0v) is 19.9. The van der Waals surface area contributed by atoms with Crippen LogP contribution in [-0.4, -0.2) is 45.0 Å². The molecule has 0 aliphatic rings. The number of nitrogens with one attached hydrogen (secondary N) is 2. The van der Waals surface area contributed by atoms with Crippen LogP contribution in [0, 0.1) is 0 Å². The van der Waals surface area contributed by atoms with E-state index < -0.39 is 0 Å². The molecule has 0 rings (SSSR count). The molecule has 0 aromatic heterocycles. The zero-order valence-electron chi connectivity index (χ0n) is 19.9. The molecule has 0 bridgehead atoms. The molecule has 0 aromatic rings. The van der Waals surface area contributed by atoms with Gasteiger partial charge >= 0.3 is 0 Å². The van der Waals surface area contributed by atoms with Crippen LogP contribution in [0.1, 0.15) is 103 Å². The molecule has 0 aliphatic heterocycles. The van der Waals surface area contributed by atoms with Crippen LogP contribution in [0.15, 0.2) is 0 Å². The third-order valence-corrected chi connectivity index (χ3v) is 4.63. The molecular formula is C22H47N3O. The van der Waals surface area contributed by atoms with Crippen LogP contribution in [0.25, 0.3) is 0 Å². The molecule has 0 saturated heterocycles. The Balaban J connectivity index is 5.63. The van der Waals surface area contributed by atoms with Crippen molar-refractivity contribution in [3.8, 4) is 0 Å². The van der Waals surface area contributed by atoms with Crippen molar-refractivity contribution < 1.29 is 4.79 Å². The Bertz CT molecular complexity index is 426. The van der Waals surface area contributed by atoms with Gasteiger partial charge in [-0.15, -0.1) is 0 Å². The molecule has 2 N–H and O–H groups in total. The van der Waals surface area contributed by atoms with Gasteiger partial charge in [-0.2, -0.15) is 0 Å². The molecule has 0 aliphatic carbocycles. The van der Waals surface area contributed by atoms with Crippen LogP contribution in [0.4, 0.5) is 0 Å². The van der Waals surface area contributed by atoms with Crippen molar-refractivity contribution in [1.82, 2.24) is 15.5 Å². The summed E-state index contributed by atoms with van der Waals surface area (Å²) in [6, 6.07) is 0.822. The number of hydrogen-bond acceptors (Lipinski definition) is 3. The Morgan fingerprint density at radius 1 is 0.731 bits per heavy atom. The van der Waals surface area contributed by atoms with Crippen molar-refractivity contribution in [1.29, 1.82) is 0 Å². The summed E-state index contributed by atoms with van der Waals surface area (Å²) in [5.74, 6) is 0.140. The fourth-order valence-electron chi connectivity index (χ4n) is 5.66. The highest BCUT2D eigenvalue weighted by Gasteiger charge is 2.44. The fourth-order valence-corrected chi connectivity index (χ4v) is 5.66. The molecule has 0 fully saturated rings. The first-order chi connectivity index (χ1) is 11.3. The Kier molecular flexibility index (Phi) is 8.40. The lowest BCUT2D eigenvalue weighted by molar-refractivity contribution is -0.144. The van der Waals surface area contributed by atoms with Gasteiger partial charge in [0.25, 0.3) is 0 Å². The van der Waals surface area contributed by atoms with Crippen molar-refractivity contribution in [2.45, 2.75) is 137 Å². The van der Waals surface area contributed by atoms with E-state index in [0.29, 0.717) is 12.1 Å². The second kappa shape index (κ2) is 8.60. The van der Waals surface area contributed by atoms with Crippen LogP contribution in [0.5, 0.6) is 0 Å². The molecule has 0 heterocycles. The molecule has 0 spiro atoms. The first-order valence-corrected chi connectivity index (χ1v) is 10.2. The lowest BCUT2D eigenvalue weighted by Crippen LogP contribution is -2.63. The summed E-state index contributed by atoms with van der Waals surface area (Å²) in [5.41, 5.74) is -0.608. The average molecular weight is 370 g/mol. The predicted molar refractivity (Wildman–Crippen MR) is 115 cm³/mol. The molecule has 0 atom stereocenters. The van der Waals surface area contributed by atoms with Crippen molar-refractivity contribution in [2.75, 3.05) is 0 Å². The normalized spacial score (nSPS) is 14.3. The number of amides is 1. The van der Waals surface area contributed by atoms with E-state index in [1.807, 2.05) is 0 Å². The topological polar surface area (TPSA) is 44.4 Å². The second-order valence-electron chi connectivity index (χ2n) is 11.2. The second-order valence-corrected chi connectivity index (χ2v) is 11.2. The minimum atomic E-state index is -0.255. The molecule has 1 amide bonds. The molecule has 4 heteroatoms. The van der Waals surface area contributed by atoms with E-state index in [-0.39, 0.29) is 28.1 Å². The summed E-state index contributed by atoms with van der Waals surface area (Å²) in [6.07, 6.45) is 1.78. The predicted octanol–water partition coefficient (Wildman–Crippen LogP) is 4.73. The summed E-state index contributed by atoms with van der Waals surface area (Å²) in [6.45, 7) is 28.1. The van der Waals surface area contributed by atoms with Gasteiger partial charge < -0.3 is 15.5 Å². The molecule has 0 saturated carbocycles. The quantitative estimate of drug-likeness (QED) is 0.585. The number of rotatable bonds is 10. The maximum absolute atomic E-state index is 12.7. The number of hydrogen-bond donors (Lipinski definition) is 2. The van der Waals surface area contributed by atoms with Crippen LogP contribution in [-0.2, 0) is 4.79 Å². The Hall–Kier alpha value is -0.610. The molecule has 0 radical (unpaired) electrons. The first kappa shape index (κ1) is 25.4. The van der Waals surface area contributed by atoms with E-state index in [9.17, 15) is 4.79 Å². The van der Waals surface area contributed by atoms with E-state index in [1.165, 1.54) is 0 Å². The highest BCUT2D eigenvalue weighted by atomic mass is 16.2. The molecule has 156 valence electrons. The smallest absolute Gasteiger partial charge is 0.220 e. The van der Waals surface area contributed by atoms with Gasteiger partial charge in [0.05, 0.1) is 0 Å². The Morgan fingerprint density at radius 3 is 1.19 bits per heavy atom. The van der Waals surface area contributed by atoms with Gasteiger partial charge in [0.1, 0.15) is 0 Å². The van der Waals surface area contributed by atoms with E-state index in [4.69, 9.17) is 0 Å². The van der Waals surface area contributed by atoms with Crippen LogP contribution >= 0.6 is 0 Å².